The number of aromatic nitrogens is 2. The van der Waals surface area contributed by atoms with Gasteiger partial charge in [0.25, 0.3) is 0 Å². The number of hydrogen-bond acceptors (Lipinski definition) is 4. The Morgan fingerprint density at radius 1 is 0.947 bits per heavy atom. The average Bonchev–Trinajstić information content (AvgIpc) is 2.35. The van der Waals surface area contributed by atoms with E-state index in [1.54, 1.807) is 0 Å². The number of benzene rings is 1. The molecule has 0 atom stereocenters. The quantitative estimate of drug-likeness (QED) is 0.310. The van der Waals surface area contributed by atoms with Crippen LogP contribution in [0.3, 0.4) is 0 Å². The van der Waals surface area contributed by atoms with Gasteiger partial charge in [0.05, 0.1) is 15.1 Å². The van der Waals surface area contributed by atoms with Crippen LogP contribution in [0, 0.1) is 0 Å². The molecule has 1 aromatic carbocycles. The summed E-state index contributed by atoms with van der Waals surface area (Å²) in [7, 11) is 0. The zero-order valence-electron chi connectivity index (χ0n) is 9.45. The van der Waals surface area contributed by atoms with Crippen LogP contribution in [-0.4, -0.2) is 16.2 Å². The monoisotopic (exact) mass is 354 g/mol. The van der Waals surface area contributed by atoms with Crippen LogP contribution in [0.4, 0.5) is 0 Å². The van der Waals surface area contributed by atoms with Crippen molar-refractivity contribution in [3.63, 3.8) is 0 Å². The van der Waals surface area contributed by atoms with Crippen LogP contribution in [0.1, 0.15) is 0 Å². The highest BCUT2D eigenvalue weighted by Gasteiger charge is 2.10. The van der Waals surface area contributed by atoms with Crippen molar-refractivity contribution in [2.45, 2.75) is 5.16 Å². The normalized spacial score (nSPS) is 10.6. The van der Waals surface area contributed by atoms with E-state index >= 15 is 0 Å². The highest BCUT2D eigenvalue weighted by molar-refractivity contribution is 7.98. The van der Waals surface area contributed by atoms with Gasteiger partial charge in [-0.3, -0.25) is 0 Å². The number of thioether (sulfide) groups is 1. The van der Waals surface area contributed by atoms with Gasteiger partial charge in [-0.05, 0) is 12.3 Å². The molecule has 0 aliphatic rings. The number of rotatable bonds is 3. The molecule has 8 heteroatoms. The molecule has 19 heavy (non-hydrogen) atoms. The number of nitrogens with zero attached hydrogens (tertiary/aromatic N) is 2. The van der Waals surface area contributed by atoms with Gasteiger partial charge in [0, 0.05) is 12.1 Å². The van der Waals surface area contributed by atoms with Gasteiger partial charge in [0.1, 0.15) is 10.9 Å². The third-order valence-electron chi connectivity index (χ3n) is 2.02. The van der Waals surface area contributed by atoms with Crippen molar-refractivity contribution in [1.29, 1.82) is 0 Å². The van der Waals surface area contributed by atoms with Crippen LogP contribution >= 0.6 is 58.2 Å². The molecule has 1 aromatic heterocycles. The number of halogens is 4. The van der Waals surface area contributed by atoms with Crippen LogP contribution < -0.4 is 4.74 Å². The third kappa shape index (κ3) is 3.80. The summed E-state index contributed by atoms with van der Waals surface area (Å²) in [6, 6.07) is 4.50. The topological polar surface area (TPSA) is 35.0 Å². The molecule has 0 fully saturated rings. The SMILES string of the molecule is CSc1nc(Cl)cc(Oc2cc(Cl)c(Cl)cc2Cl)n1. The summed E-state index contributed by atoms with van der Waals surface area (Å²) in [6.07, 6.45) is 1.83. The maximum absolute atomic E-state index is 6.02. The summed E-state index contributed by atoms with van der Waals surface area (Å²) < 4.78 is 5.54. The Morgan fingerprint density at radius 3 is 2.32 bits per heavy atom. The van der Waals surface area contributed by atoms with E-state index in [9.17, 15) is 0 Å². The summed E-state index contributed by atoms with van der Waals surface area (Å²) in [5.74, 6) is 0.627. The largest absolute Gasteiger partial charge is 0.437 e. The van der Waals surface area contributed by atoms with Crippen molar-refractivity contribution in [3.05, 3.63) is 38.4 Å². The van der Waals surface area contributed by atoms with Gasteiger partial charge in [-0.25, -0.2) is 4.98 Å². The van der Waals surface area contributed by atoms with Crippen molar-refractivity contribution >= 4 is 58.2 Å². The van der Waals surface area contributed by atoms with Crippen LogP contribution in [0.5, 0.6) is 11.6 Å². The zero-order chi connectivity index (χ0) is 14.0. The Hall–Kier alpha value is -0.390. The van der Waals surface area contributed by atoms with Crippen molar-refractivity contribution in [3.8, 4) is 11.6 Å². The smallest absolute Gasteiger partial charge is 0.224 e. The molecule has 100 valence electrons. The molecule has 0 radical (unpaired) electrons. The first kappa shape index (κ1) is 15.0. The highest BCUT2D eigenvalue weighted by Crippen LogP contribution is 2.36. The van der Waals surface area contributed by atoms with Crippen LogP contribution in [-0.2, 0) is 0 Å². The molecule has 0 unspecified atom stereocenters. The lowest BCUT2D eigenvalue weighted by molar-refractivity contribution is 0.456. The second-order valence-electron chi connectivity index (χ2n) is 3.31. The van der Waals surface area contributed by atoms with Crippen LogP contribution in [0.15, 0.2) is 23.4 Å². The molecular formula is C11H6Cl4N2OS. The van der Waals surface area contributed by atoms with E-state index in [2.05, 4.69) is 9.97 Å². The predicted molar refractivity (Wildman–Crippen MR) is 80.4 cm³/mol. The van der Waals surface area contributed by atoms with Crippen molar-refractivity contribution in [2.24, 2.45) is 0 Å². The maximum Gasteiger partial charge on any atom is 0.224 e. The first-order valence-electron chi connectivity index (χ1n) is 4.90. The zero-order valence-corrected chi connectivity index (χ0v) is 13.3. The minimum atomic E-state index is 0.282. The molecule has 0 bridgehead atoms. The molecule has 0 spiro atoms. The second-order valence-corrected chi connectivity index (χ2v) is 5.70. The Kier molecular flexibility index (Phi) is 5.03. The lowest BCUT2D eigenvalue weighted by Gasteiger charge is -2.09. The van der Waals surface area contributed by atoms with Gasteiger partial charge in [0.2, 0.25) is 5.88 Å². The van der Waals surface area contributed by atoms with Crippen molar-refractivity contribution in [1.82, 2.24) is 9.97 Å². The van der Waals surface area contributed by atoms with E-state index in [0.717, 1.165) is 0 Å². The Morgan fingerprint density at radius 2 is 1.63 bits per heavy atom. The first-order chi connectivity index (χ1) is 8.99. The van der Waals surface area contributed by atoms with E-state index in [4.69, 9.17) is 51.1 Å². The molecule has 1 heterocycles. The molecule has 0 saturated carbocycles. The summed E-state index contributed by atoms with van der Waals surface area (Å²) in [5.41, 5.74) is 0. The van der Waals surface area contributed by atoms with Gasteiger partial charge in [0.15, 0.2) is 5.16 Å². The molecule has 0 N–H and O–H groups in total. The van der Waals surface area contributed by atoms with Gasteiger partial charge >= 0.3 is 0 Å². The van der Waals surface area contributed by atoms with E-state index in [0.29, 0.717) is 26.0 Å². The molecule has 0 aliphatic heterocycles. The summed E-state index contributed by atoms with van der Waals surface area (Å²) >= 11 is 25.0. The Labute approximate surface area is 134 Å². The fourth-order valence-electron chi connectivity index (χ4n) is 1.22. The van der Waals surface area contributed by atoms with E-state index in [1.165, 1.54) is 30.0 Å². The fraction of sp³-hybridized carbons (Fsp3) is 0.0909. The van der Waals surface area contributed by atoms with Gasteiger partial charge in [-0.15, -0.1) is 0 Å². The minimum Gasteiger partial charge on any atom is -0.437 e. The van der Waals surface area contributed by atoms with Gasteiger partial charge < -0.3 is 4.74 Å². The van der Waals surface area contributed by atoms with Crippen LogP contribution in [0.25, 0.3) is 0 Å². The van der Waals surface area contributed by atoms with Crippen molar-refractivity contribution in [2.75, 3.05) is 6.26 Å². The summed E-state index contributed by atoms with van der Waals surface area (Å²) in [4.78, 5) is 8.16. The maximum atomic E-state index is 6.02. The van der Waals surface area contributed by atoms with E-state index in [1.807, 2.05) is 6.26 Å². The Bertz CT molecular complexity index is 624. The van der Waals surface area contributed by atoms with Crippen LogP contribution in [0.2, 0.25) is 20.2 Å². The predicted octanol–water partition coefficient (Wildman–Crippen LogP) is 5.60. The van der Waals surface area contributed by atoms with E-state index in [-0.39, 0.29) is 11.0 Å². The third-order valence-corrected chi connectivity index (χ3v) is 3.78. The van der Waals surface area contributed by atoms with E-state index < -0.39 is 0 Å². The fourth-order valence-corrected chi connectivity index (χ4v) is 2.39. The van der Waals surface area contributed by atoms with Crippen molar-refractivity contribution < 1.29 is 4.74 Å². The number of ether oxygens (including phenoxy) is 1. The molecule has 0 saturated heterocycles. The molecule has 0 aliphatic carbocycles. The minimum absolute atomic E-state index is 0.282. The second kappa shape index (κ2) is 6.37. The molecule has 0 amide bonds. The van der Waals surface area contributed by atoms with Gasteiger partial charge in [-0.1, -0.05) is 58.2 Å². The Balaban J connectivity index is 2.36. The lowest BCUT2D eigenvalue weighted by Crippen LogP contribution is -1.93. The first-order valence-corrected chi connectivity index (χ1v) is 7.64. The standard InChI is InChI=1S/C11H6Cl4N2OS/c1-19-11-16-9(15)4-10(17-11)18-8-3-6(13)5(12)2-7(8)14/h2-4H,1H3. The van der Waals surface area contributed by atoms with Gasteiger partial charge in [-0.2, -0.15) is 4.98 Å². The summed E-state index contributed by atoms with van der Waals surface area (Å²) in [6.45, 7) is 0. The molecule has 3 nitrogen and oxygen atoms in total. The average molecular weight is 356 g/mol. The molecule has 2 rings (SSSR count). The molecule has 2 aromatic rings. The lowest BCUT2D eigenvalue weighted by atomic mass is 10.3. The summed E-state index contributed by atoms with van der Waals surface area (Å²) in [5, 5.41) is 1.80. The molecular weight excluding hydrogens is 350 g/mol. The highest BCUT2D eigenvalue weighted by atomic mass is 35.5. The number of hydrogen-bond donors (Lipinski definition) is 0.